The second kappa shape index (κ2) is 8.51. The van der Waals surface area contributed by atoms with Crippen molar-refractivity contribution in [3.8, 4) is 17.0 Å². The van der Waals surface area contributed by atoms with Crippen LogP contribution < -0.4 is 4.74 Å². The maximum atomic E-state index is 5.72. The van der Waals surface area contributed by atoms with Crippen molar-refractivity contribution in [2.45, 2.75) is 25.7 Å². The molecule has 19 heavy (non-hydrogen) atoms. The molecule has 2 rings (SSSR count). The maximum absolute atomic E-state index is 5.72. The molecule has 0 spiro atoms. The molecule has 0 N–H and O–H groups in total. The van der Waals surface area contributed by atoms with Gasteiger partial charge in [-0.15, -0.1) is 0 Å². The van der Waals surface area contributed by atoms with Crippen molar-refractivity contribution in [3.63, 3.8) is 0 Å². The molecule has 0 aliphatic rings. The van der Waals surface area contributed by atoms with Gasteiger partial charge < -0.3 is 0 Å². The van der Waals surface area contributed by atoms with Gasteiger partial charge in [-0.2, -0.15) is 0 Å². The van der Waals surface area contributed by atoms with Crippen LogP contribution in [0.25, 0.3) is 11.3 Å². The summed E-state index contributed by atoms with van der Waals surface area (Å²) in [6.45, 7) is 0.799. The van der Waals surface area contributed by atoms with Crippen molar-refractivity contribution in [2.24, 2.45) is 0 Å². The zero-order valence-electron chi connectivity index (χ0n) is 10.7. The molecule has 0 atom stereocenters. The summed E-state index contributed by atoms with van der Waals surface area (Å²) in [4.78, 5) is 2.09. The van der Waals surface area contributed by atoms with Crippen LogP contribution in [0.3, 0.4) is 0 Å². The van der Waals surface area contributed by atoms with Crippen molar-refractivity contribution in [2.75, 3.05) is 11.9 Å². The van der Waals surface area contributed by atoms with Gasteiger partial charge >= 0.3 is 107 Å². The van der Waals surface area contributed by atoms with Crippen molar-refractivity contribution in [3.05, 3.63) is 29.2 Å². The number of benzene rings is 1. The van der Waals surface area contributed by atoms with E-state index in [9.17, 15) is 0 Å². The molecule has 102 valence electrons. The summed E-state index contributed by atoms with van der Waals surface area (Å²) in [6, 6.07) is 8.11. The quantitative estimate of drug-likeness (QED) is 0.394. The van der Waals surface area contributed by atoms with E-state index < -0.39 is 0 Å². The standard InChI is InChI=1S/C14H17BrN2OSe/c15-9-3-1-2-4-10-18-13-7-5-12(6-8-13)14-11-19-17-16-14/h5-8,11H,1-4,9-10H2. The molecule has 0 saturated carbocycles. The number of hydrogen-bond donors (Lipinski definition) is 0. The second-order valence-electron chi connectivity index (χ2n) is 4.27. The van der Waals surface area contributed by atoms with Crippen molar-refractivity contribution >= 4 is 30.7 Å². The van der Waals surface area contributed by atoms with Crippen LogP contribution in [0.4, 0.5) is 0 Å². The van der Waals surface area contributed by atoms with Crippen LogP contribution in [0.15, 0.2) is 29.2 Å². The van der Waals surface area contributed by atoms with Crippen LogP contribution in [0.1, 0.15) is 25.7 Å². The Labute approximate surface area is 128 Å². The van der Waals surface area contributed by atoms with Gasteiger partial charge in [0.15, 0.2) is 0 Å². The third-order valence-electron chi connectivity index (χ3n) is 2.81. The molecular weight excluding hydrogens is 371 g/mol. The summed E-state index contributed by atoms with van der Waals surface area (Å²) >= 11 is 3.63. The molecule has 0 aliphatic heterocycles. The first kappa shape index (κ1) is 14.8. The monoisotopic (exact) mass is 388 g/mol. The Bertz CT molecular complexity index is 459. The minimum absolute atomic E-state index is 0.194. The first-order valence-electron chi connectivity index (χ1n) is 6.46. The Hall–Kier alpha value is -0.641. The van der Waals surface area contributed by atoms with Crippen LogP contribution >= 0.6 is 15.9 Å². The molecule has 0 bridgehead atoms. The van der Waals surface area contributed by atoms with Gasteiger partial charge in [0.2, 0.25) is 0 Å². The van der Waals surface area contributed by atoms with E-state index in [0.29, 0.717) is 0 Å². The molecule has 0 amide bonds. The second-order valence-corrected chi connectivity index (χ2v) is 6.34. The van der Waals surface area contributed by atoms with Gasteiger partial charge in [0.1, 0.15) is 0 Å². The molecule has 0 fully saturated rings. The van der Waals surface area contributed by atoms with Crippen molar-refractivity contribution < 1.29 is 4.74 Å². The first-order chi connectivity index (χ1) is 9.40. The van der Waals surface area contributed by atoms with Gasteiger partial charge in [0.25, 0.3) is 0 Å². The number of unbranched alkanes of at least 4 members (excludes halogenated alkanes) is 3. The predicted molar refractivity (Wildman–Crippen MR) is 82.2 cm³/mol. The molecule has 1 aromatic heterocycles. The Morgan fingerprint density at radius 1 is 1.05 bits per heavy atom. The van der Waals surface area contributed by atoms with Gasteiger partial charge in [-0.25, -0.2) is 0 Å². The van der Waals surface area contributed by atoms with E-state index in [2.05, 4.69) is 30.1 Å². The summed E-state index contributed by atoms with van der Waals surface area (Å²) in [7, 11) is 0. The number of rotatable bonds is 8. The Morgan fingerprint density at radius 2 is 1.84 bits per heavy atom. The van der Waals surface area contributed by atoms with Gasteiger partial charge in [0.05, 0.1) is 0 Å². The third kappa shape index (κ3) is 5.09. The minimum atomic E-state index is 0.194. The molecule has 1 aromatic carbocycles. The Kier molecular flexibility index (Phi) is 6.62. The van der Waals surface area contributed by atoms with Gasteiger partial charge in [0, 0.05) is 5.33 Å². The van der Waals surface area contributed by atoms with E-state index in [0.717, 1.165) is 35.4 Å². The molecule has 0 saturated heterocycles. The van der Waals surface area contributed by atoms with Crippen LogP contribution in [0.5, 0.6) is 5.75 Å². The fraction of sp³-hybridized carbons (Fsp3) is 0.429. The van der Waals surface area contributed by atoms with Crippen LogP contribution in [0.2, 0.25) is 0 Å². The molecule has 0 unspecified atom stereocenters. The van der Waals surface area contributed by atoms with E-state index in [1.165, 1.54) is 19.3 Å². The van der Waals surface area contributed by atoms with Crippen LogP contribution in [-0.4, -0.2) is 35.9 Å². The first-order valence-corrected chi connectivity index (χ1v) is 9.34. The van der Waals surface area contributed by atoms with E-state index in [-0.39, 0.29) is 14.7 Å². The predicted octanol–water partition coefficient (Wildman–Crippen LogP) is 3.53. The number of ether oxygens (including phenoxy) is 1. The van der Waals surface area contributed by atoms with E-state index >= 15 is 0 Å². The summed E-state index contributed by atoms with van der Waals surface area (Å²) in [5.74, 6) is 0.935. The van der Waals surface area contributed by atoms with Crippen LogP contribution in [-0.2, 0) is 0 Å². The zero-order valence-corrected chi connectivity index (χ0v) is 14.0. The number of nitrogens with zero attached hydrogens (tertiary/aromatic N) is 2. The molecular formula is C14H17BrN2OSe. The number of alkyl halides is 1. The zero-order chi connectivity index (χ0) is 13.3. The number of aromatic nitrogens is 2. The van der Waals surface area contributed by atoms with E-state index in [1.54, 1.807) is 0 Å². The number of hydrogen-bond acceptors (Lipinski definition) is 3. The summed E-state index contributed by atoms with van der Waals surface area (Å²) in [5, 5.41) is 5.21. The molecule has 2 aromatic rings. The van der Waals surface area contributed by atoms with Crippen molar-refractivity contribution in [1.29, 1.82) is 0 Å². The fourth-order valence-corrected chi connectivity index (χ4v) is 3.13. The SMILES string of the molecule is BrCCCCCCOc1ccc(-c2c[se]nn2)cc1. The summed E-state index contributed by atoms with van der Waals surface area (Å²) in [5.41, 5.74) is 2.11. The average molecular weight is 388 g/mol. The van der Waals surface area contributed by atoms with Gasteiger partial charge in [-0.05, 0) is 0 Å². The normalized spacial score (nSPS) is 10.6. The van der Waals surface area contributed by atoms with E-state index in [4.69, 9.17) is 4.74 Å². The molecule has 5 heteroatoms. The topological polar surface area (TPSA) is 35.0 Å². The van der Waals surface area contributed by atoms with E-state index in [1.807, 2.05) is 24.3 Å². The molecule has 0 aliphatic carbocycles. The molecule has 0 radical (unpaired) electrons. The summed E-state index contributed by atoms with van der Waals surface area (Å²) in [6.07, 6.45) is 4.88. The third-order valence-corrected chi connectivity index (χ3v) is 4.43. The van der Waals surface area contributed by atoms with Gasteiger partial charge in [-0.3, -0.25) is 0 Å². The average Bonchev–Trinajstić information content (AvgIpc) is 2.97. The Morgan fingerprint density at radius 3 is 2.53 bits per heavy atom. The molecule has 3 nitrogen and oxygen atoms in total. The number of halogens is 1. The van der Waals surface area contributed by atoms with Gasteiger partial charge in [-0.1, -0.05) is 15.9 Å². The fourth-order valence-electron chi connectivity index (χ4n) is 1.75. The van der Waals surface area contributed by atoms with Crippen molar-refractivity contribution in [1.82, 2.24) is 9.19 Å². The summed E-state index contributed by atoms with van der Waals surface area (Å²) < 4.78 is 9.73. The Balaban J connectivity index is 1.73. The van der Waals surface area contributed by atoms with Crippen LogP contribution in [0, 0.1) is 0 Å². The molecule has 1 heterocycles.